The van der Waals surface area contributed by atoms with Crippen molar-refractivity contribution in [1.29, 1.82) is 0 Å². The van der Waals surface area contributed by atoms with Crippen molar-refractivity contribution in [2.45, 2.75) is 20.3 Å². The van der Waals surface area contributed by atoms with Crippen LogP contribution in [0.1, 0.15) is 21.8 Å². The van der Waals surface area contributed by atoms with E-state index < -0.39 is 0 Å². The summed E-state index contributed by atoms with van der Waals surface area (Å²) in [6, 6.07) is 13.7. The highest BCUT2D eigenvalue weighted by atomic mass is 79.9. The number of aromatic amines is 1. The van der Waals surface area contributed by atoms with Crippen LogP contribution in [-0.2, 0) is 6.42 Å². The highest BCUT2D eigenvalue weighted by Gasteiger charge is 2.18. The Morgan fingerprint density at radius 2 is 1.89 bits per heavy atom. The molecule has 1 N–H and O–H groups in total. The van der Waals surface area contributed by atoms with Gasteiger partial charge in [-0.1, -0.05) is 57.4 Å². The number of benzene rings is 2. The summed E-state index contributed by atoms with van der Waals surface area (Å²) in [5, 5.41) is 1.35. The normalized spacial score (nSPS) is 11.3. The van der Waals surface area contributed by atoms with Crippen molar-refractivity contribution in [3.05, 3.63) is 84.1 Å². The highest BCUT2D eigenvalue weighted by Crippen LogP contribution is 2.39. The summed E-state index contributed by atoms with van der Waals surface area (Å²) in [7, 11) is 0. The minimum absolute atomic E-state index is 0.100. The van der Waals surface area contributed by atoms with Gasteiger partial charge in [-0.15, -0.1) is 11.3 Å². The number of aryl methyl sites for hydroxylation is 2. The molecule has 0 amide bonds. The van der Waals surface area contributed by atoms with Gasteiger partial charge in [-0.25, -0.2) is 4.98 Å². The number of aromatic nitrogens is 2. The number of thiophene rings is 1. The fourth-order valence-electron chi connectivity index (χ4n) is 3.20. The molecule has 4 rings (SSSR count). The van der Waals surface area contributed by atoms with E-state index in [1.807, 2.05) is 50.2 Å². The molecule has 27 heavy (non-hydrogen) atoms. The molecule has 0 aliphatic rings. The van der Waals surface area contributed by atoms with Crippen LogP contribution in [-0.4, -0.2) is 9.97 Å². The molecule has 2 aromatic heterocycles. The zero-order valence-electron chi connectivity index (χ0n) is 14.8. The van der Waals surface area contributed by atoms with Crippen molar-refractivity contribution < 1.29 is 0 Å². The number of fused-ring (bicyclic) bond motifs is 1. The fourth-order valence-corrected chi connectivity index (χ4v) is 4.83. The first-order valence-corrected chi connectivity index (χ1v) is 10.4. The molecule has 0 unspecified atom stereocenters. The van der Waals surface area contributed by atoms with Crippen molar-refractivity contribution in [3.8, 4) is 11.1 Å². The van der Waals surface area contributed by atoms with E-state index >= 15 is 0 Å². The molecule has 3 nitrogen and oxygen atoms in total. The van der Waals surface area contributed by atoms with E-state index in [0.717, 1.165) is 36.4 Å². The number of hydrogen-bond acceptors (Lipinski definition) is 3. The molecule has 0 saturated heterocycles. The zero-order chi connectivity index (χ0) is 19.1. The summed E-state index contributed by atoms with van der Waals surface area (Å²) in [6.45, 7) is 4.08. The maximum absolute atomic E-state index is 12.9. The predicted octanol–water partition coefficient (Wildman–Crippen LogP) is 6.28. The van der Waals surface area contributed by atoms with Crippen LogP contribution in [0.4, 0.5) is 0 Å². The number of hydrogen-bond donors (Lipinski definition) is 1. The summed E-state index contributed by atoms with van der Waals surface area (Å²) in [4.78, 5) is 22.5. The van der Waals surface area contributed by atoms with Crippen molar-refractivity contribution in [1.82, 2.24) is 9.97 Å². The molecule has 2 heterocycles. The van der Waals surface area contributed by atoms with Gasteiger partial charge in [0, 0.05) is 26.4 Å². The SMILES string of the molecule is Cc1ccc(Br)c(-c2c(C)sc3nc(Cc4ccc(Cl)cc4)[nH]c(=O)c23)c1. The average molecular weight is 460 g/mol. The lowest BCUT2D eigenvalue weighted by molar-refractivity contribution is 0.977. The van der Waals surface area contributed by atoms with Gasteiger partial charge < -0.3 is 4.98 Å². The average Bonchev–Trinajstić information content (AvgIpc) is 2.95. The number of halogens is 2. The van der Waals surface area contributed by atoms with Crippen LogP contribution in [0.15, 0.2) is 51.7 Å². The van der Waals surface area contributed by atoms with Gasteiger partial charge in [0.1, 0.15) is 10.7 Å². The zero-order valence-corrected chi connectivity index (χ0v) is 17.9. The summed E-state index contributed by atoms with van der Waals surface area (Å²) < 4.78 is 0.973. The van der Waals surface area contributed by atoms with Gasteiger partial charge in [0.05, 0.1) is 5.39 Å². The minimum atomic E-state index is -0.100. The summed E-state index contributed by atoms with van der Waals surface area (Å²) in [5.74, 6) is 0.658. The first kappa shape index (κ1) is 18.4. The van der Waals surface area contributed by atoms with Gasteiger partial charge in [-0.3, -0.25) is 4.79 Å². The van der Waals surface area contributed by atoms with Gasteiger partial charge >= 0.3 is 0 Å². The predicted molar refractivity (Wildman–Crippen MR) is 117 cm³/mol. The smallest absolute Gasteiger partial charge is 0.260 e. The van der Waals surface area contributed by atoms with Gasteiger partial charge in [0.25, 0.3) is 5.56 Å². The Hall–Kier alpha value is -1.95. The molecule has 0 fully saturated rings. The molecule has 4 aromatic rings. The van der Waals surface area contributed by atoms with Crippen molar-refractivity contribution in [2.24, 2.45) is 0 Å². The molecule has 6 heteroatoms. The molecular weight excluding hydrogens is 444 g/mol. The summed E-state index contributed by atoms with van der Waals surface area (Å²) in [6.07, 6.45) is 0.558. The topological polar surface area (TPSA) is 45.8 Å². The van der Waals surface area contributed by atoms with Crippen molar-refractivity contribution in [3.63, 3.8) is 0 Å². The van der Waals surface area contributed by atoms with Gasteiger partial charge in [0.2, 0.25) is 0 Å². The molecule has 136 valence electrons. The van der Waals surface area contributed by atoms with Crippen LogP contribution in [0.3, 0.4) is 0 Å². The molecule has 0 radical (unpaired) electrons. The molecule has 0 aliphatic carbocycles. The maximum Gasteiger partial charge on any atom is 0.260 e. The molecule has 0 saturated carbocycles. The molecule has 0 bridgehead atoms. The Bertz CT molecular complexity index is 1210. The highest BCUT2D eigenvalue weighted by molar-refractivity contribution is 9.10. The number of H-pyrrole nitrogens is 1. The number of rotatable bonds is 3. The van der Waals surface area contributed by atoms with E-state index in [2.05, 4.69) is 27.0 Å². The molecule has 2 aromatic carbocycles. The van der Waals surface area contributed by atoms with Gasteiger partial charge in [-0.05, 0) is 43.2 Å². The monoisotopic (exact) mass is 458 g/mol. The lowest BCUT2D eigenvalue weighted by Crippen LogP contribution is -2.11. The van der Waals surface area contributed by atoms with E-state index in [-0.39, 0.29) is 5.56 Å². The lowest BCUT2D eigenvalue weighted by Gasteiger charge is -2.07. The van der Waals surface area contributed by atoms with Crippen LogP contribution in [0.5, 0.6) is 0 Å². The first-order valence-electron chi connectivity index (χ1n) is 8.45. The van der Waals surface area contributed by atoms with Gasteiger partial charge in [0.15, 0.2) is 0 Å². The third kappa shape index (κ3) is 3.59. The van der Waals surface area contributed by atoms with E-state index in [1.54, 1.807) is 11.3 Å². The minimum Gasteiger partial charge on any atom is -0.310 e. The van der Waals surface area contributed by atoms with Crippen LogP contribution in [0, 0.1) is 13.8 Å². The van der Waals surface area contributed by atoms with E-state index in [0.29, 0.717) is 22.7 Å². The van der Waals surface area contributed by atoms with Crippen LogP contribution in [0.2, 0.25) is 5.02 Å². The Kier molecular flexibility index (Phi) is 4.93. The van der Waals surface area contributed by atoms with Crippen molar-refractivity contribution >= 4 is 49.1 Å². The van der Waals surface area contributed by atoms with Crippen LogP contribution < -0.4 is 5.56 Å². The lowest BCUT2D eigenvalue weighted by atomic mass is 10.0. The first-order chi connectivity index (χ1) is 12.9. The second-order valence-electron chi connectivity index (χ2n) is 6.51. The fraction of sp³-hybridized carbons (Fsp3) is 0.143. The van der Waals surface area contributed by atoms with E-state index in [9.17, 15) is 4.79 Å². The molecule has 0 aliphatic heterocycles. The second-order valence-corrected chi connectivity index (χ2v) is 9.01. The quantitative estimate of drug-likeness (QED) is 0.392. The summed E-state index contributed by atoms with van der Waals surface area (Å²) >= 11 is 11.1. The second kappa shape index (κ2) is 7.23. The van der Waals surface area contributed by atoms with Crippen LogP contribution in [0.25, 0.3) is 21.3 Å². The standard InChI is InChI=1S/C21H16BrClN2OS/c1-11-3-8-16(22)15(9-11)18-12(2)27-21-19(18)20(26)24-17(25-21)10-13-4-6-14(23)7-5-13/h3-9H,10H2,1-2H3,(H,24,25,26). The molecular formula is C21H16BrClN2OS. The van der Waals surface area contributed by atoms with Crippen molar-refractivity contribution in [2.75, 3.05) is 0 Å². The Morgan fingerprint density at radius 3 is 2.63 bits per heavy atom. The largest absolute Gasteiger partial charge is 0.310 e. The molecule has 0 atom stereocenters. The maximum atomic E-state index is 12.9. The molecule has 0 spiro atoms. The van der Waals surface area contributed by atoms with E-state index in [4.69, 9.17) is 16.6 Å². The number of nitrogens with one attached hydrogen (secondary N) is 1. The Balaban J connectivity index is 1.85. The number of nitrogens with zero attached hydrogens (tertiary/aromatic N) is 1. The Labute approximate surface area is 174 Å². The Morgan fingerprint density at radius 1 is 1.15 bits per heavy atom. The summed E-state index contributed by atoms with van der Waals surface area (Å²) in [5.41, 5.74) is 4.08. The van der Waals surface area contributed by atoms with Gasteiger partial charge in [-0.2, -0.15) is 0 Å². The third-order valence-corrected chi connectivity index (χ3v) is 6.41. The van der Waals surface area contributed by atoms with Crippen LogP contribution >= 0.6 is 38.9 Å². The third-order valence-electron chi connectivity index (χ3n) is 4.46. The van der Waals surface area contributed by atoms with E-state index in [1.165, 1.54) is 0 Å².